The maximum absolute atomic E-state index is 11.2. The van der Waals surface area contributed by atoms with Crippen molar-refractivity contribution in [3.05, 3.63) is 0 Å². The van der Waals surface area contributed by atoms with E-state index in [9.17, 15) is 16.8 Å². The first-order chi connectivity index (χ1) is 11.2. The van der Waals surface area contributed by atoms with Gasteiger partial charge in [-0.25, -0.2) is 27.1 Å². The highest BCUT2D eigenvalue weighted by atomic mass is 32.2. The molecule has 3 fully saturated rings. The normalized spacial score (nSPS) is 29.6. The SMILES string of the molecule is NS(=O)(=O)C1CCCN(CC2CC2)C1.NS(=O)(=O)C1CCCNC1. The Morgan fingerprint density at radius 2 is 1.54 bits per heavy atom. The second-order valence-electron chi connectivity index (χ2n) is 7.11. The predicted molar refractivity (Wildman–Crippen MR) is 94.3 cm³/mol. The zero-order valence-electron chi connectivity index (χ0n) is 14.1. The van der Waals surface area contributed by atoms with Gasteiger partial charge in [-0.3, -0.25) is 0 Å². The number of likely N-dealkylation sites (tertiary alicyclic amines) is 1. The third-order valence-corrected chi connectivity index (χ3v) is 7.50. The minimum absolute atomic E-state index is 0.324. The summed E-state index contributed by atoms with van der Waals surface area (Å²) in [4.78, 5) is 2.26. The van der Waals surface area contributed by atoms with Gasteiger partial charge < -0.3 is 10.2 Å². The fourth-order valence-electron chi connectivity index (χ4n) is 3.21. The van der Waals surface area contributed by atoms with Crippen LogP contribution in [0.2, 0.25) is 0 Å². The molecule has 0 aromatic heterocycles. The number of rotatable bonds is 4. The minimum Gasteiger partial charge on any atom is -0.315 e. The Morgan fingerprint density at radius 1 is 0.917 bits per heavy atom. The predicted octanol–water partition coefficient (Wildman–Crippen LogP) is -0.824. The summed E-state index contributed by atoms with van der Waals surface area (Å²) in [7, 11) is -6.60. The molecule has 0 aromatic rings. The first-order valence-electron chi connectivity index (χ1n) is 8.62. The van der Waals surface area contributed by atoms with E-state index in [2.05, 4.69) is 10.2 Å². The molecule has 2 heterocycles. The molecule has 3 rings (SSSR count). The molecular weight excluding hydrogens is 352 g/mol. The molecule has 1 saturated carbocycles. The van der Waals surface area contributed by atoms with Gasteiger partial charge in [0.1, 0.15) is 0 Å². The summed E-state index contributed by atoms with van der Waals surface area (Å²) in [5.41, 5.74) is 0. The van der Waals surface area contributed by atoms with Crippen molar-refractivity contribution in [2.45, 2.75) is 49.0 Å². The monoisotopic (exact) mass is 382 g/mol. The van der Waals surface area contributed by atoms with Crippen molar-refractivity contribution in [2.24, 2.45) is 16.2 Å². The van der Waals surface area contributed by atoms with E-state index in [0.29, 0.717) is 19.5 Å². The molecule has 24 heavy (non-hydrogen) atoms. The van der Waals surface area contributed by atoms with Crippen molar-refractivity contribution in [2.75, 3.05) is 32.7 Å². The Labute approximate surface area is 145 Å². The molecule has 2 atom stereocenters. The summed E-state index contributed by atoms with van der Waals surface area (Å²) in [5.74, 6) is 0.828. The van der Waals surface area contributed by atoms with Crippen molar-refractivity contribution in [3.8, 4) is 0 Å². The Hall–Kier alpha value is -0.260. The lowest BCUT2D eigenvalue weighted by Crippen LogP contribution is -2.45. The molecule has 0 radical (unpaired) electrons. The van der Waals surface area contributed by atoms with E-state index in [1.54, 1.807) is 0 Å². The van der Waals surface area contributed by atoms with Gasteiger partial charge in [-0.1, -0.05) is 0 Å². The van der Waals surface area contributed by atoms with Gasteiger partial charge in [0.25, 0.3) is 0 Å². The van der Waals surface area contributed by atoms with Crippen LogP contribution in [0, 0.1) is 5.92 Å². The molecule has 1 aliphatic carbocycles. The van der Waals surface area contributed by atoms with Crippen LogP contribution in [0.3, 0.4) is 0 Å². The Bertz CT molecular complexity index is 598. The standard InChI is InChI=1S/C9H18N2O2S.C5H12N2O2S/c10-14(12,13)9-2-1-5-11(7-9)6-8-3-4-8;6-10(8,9)5-2-1-3-7-4-5/h8-9H,1-7H2,(H2,10,12,13);5,7H,1-4H2,(H2,6,8,9). The van der Waals surface area contributed by atoms with Crippen molar-refractivity contribution in [3.63, 3.8) is 0 Å². The summed E-state index contributed by atoms with van der Waals surface area (Å²) < 4.78 is 43.8. The van der Waals surface area contributed by atoms with Crippen LogP contribution in [0.4, 0.5) is 0 Å². The number of hydrogen-bond donors (Lipinski definition) is 3. The summed E-state index contributed by atoms with van der Waals surface area (Å²) >= 11 is 0. The fraction of sp³-hybridized carbons (Fsp3) is 1.00. The Morgan fingerprint density at radius 3 is 2.00 bits per heavy atom. The van der Waals surface area contributed by atoms with Gasteiger partial charge in [0.15, 0.2) is 0 Å². The molecule has 2 unspecified atom stereocenters. The van der Waals surface area contributed by atoms with E-state index in [1.807, 2.05) is 0 Å². The van der Waals surface area contributed by atoms with Crippen LogP contribution in [0.5, 0.6) is 0 Å². The van der Waals surface area contributed by atoms with Gasteiger partial charge in [0.05, 0.1) is 10.5 Å². The quantitative estimate of drug-likeness (QED) is 0.581. The lowest BCUT2D eigenvalue weighted by molar-refractivity contribution is 0.222. The average Bonchev–Trinajstić information content (AvgIpc) is 3.31. The van der Waals surface area contributed by atoms with Crippen molar-refractivity contribution in [1.82, 2.24) is 10.2 Å². The Balaban J connectivity index is 0.000000185. The molecule has 0 aromatic carbocycles. The molecule has 0 amide bonds. The van der Waals surface area contributed by atoms with Crippen LogP contribution in [0.1, 0.15) is 38.5 Å². The summed E-state index contributed by atoms with van der Waals surface area (Å²) in [6.07, 6.45) is 5.94. The highest BCUT2D eigenvalue weighted by Gasteiger charge is 2.31. The van der Waals surface area contributed by atoms with Crippen molar-refractivity contribution in [1.29, 1.82) is 0 Å². The number of nitrogens with zero attached hydrogens (tertiary/aromatic N) is 1. The van der Waals surface area contributed by atoms with Crippen LogP contribution in [0.15, 0.2) is 0 Å². The smallest absolute Gasteiger partial charge is 0.213 e. The third-order valence-electron chi connectivity index (χ3n) is 4.86. The molecule has 2 aliphatic heterocycles. The van der Waals surface area contributed by atoms with Gasteiger partial charge in [-0.15, -0.1) is 0 Å². The largest absolute Gasteiger partial charge is 0.315 e. The molecular formula is C14H30N4O4S2. The second-order valence-corrected chi connectivity index (χ2v) is 10.8. The van der Waals surface area contributed by atoms with Gasteiger partial charge in [-0.2, -0.15) is 0 Å². The van der Waals surface area contributed by atoms with Crippen LogP contribution in [-0.2, 0) is 20.0 Å². The summed E-state index contributed by atoms with van der Waals surface area (Å²) in [6, 6.07) is 0. The lowest BCUT2D eigenvalue weighted by Gasteiger charge is -2.31. The van der Waals surface area contributed by atoms with Crippen molar-refractivity contribution >= 4 is 20.0 Å². The number of hydrogen-bond acceptors (Lipinski definition) is 6. The molecule has 2 saturated heterocycles. The fourth-order valence-corrected chi connectivity index (χ4v) is 4.97. The van der Waals surface area contributed by atoms with E-state index in [0.717, 1.165) is 44.8 Å². The van der Waals surface area contributed by atoms with E-state index < -0.39 is 20.0 Å². The maximum Gasteiger partial charge on any atom is 0.213 e. The topological polar surface area (TPSA) is 136 Å². The van der Waals surface area contributed by atoms with E-state index in [1.165, 1.54) is 12.8 Å². The first-order valence-corrected chi connectivity index (χ1v) is 11.8. The molecule has 0 bridgehead atoms. The second kappa shape index (κ2) is 8.41. The minimum atomic E-state index is -3.32. The maximum atomic E-state index is 11.2. The van der Waals surface area contributed by atoms with Crippen LogP contribution < -0.4 is 15.6 Å². The van der Waals surface area contributed by atoms with Crippen LogP contribution in [-0.4, -0.2) is 65.0 Å². The summed E-state index contributed by atoms with van der Waals surface area (Å²) in [6.45, 7) is 4.19. The van der Waals surface area contributed by atoms with E-state index in [4.69, 9.17) is 10.3 Å². The zero-order valence-corrected chi connectivity index (χ0v) is 15.7. The van der Waals surface area contributed by atoms with E-state index in [-0.39, 0.29) is 10.5 Å². The number of primary sulfonamides is 2. The number of nitrogens with one attached hydrogen (secondary N) is 1. The number of piperidine rings is 2. The zero-order chi connectivity index (χ0) is 17.8. The molecule has 0 spiro atoms. The van der Waals surface area contributed by atoms with E-state index >= 15 is 0 Å². The summed E-state index contributed by atoms with van der Waals surface area (Å²) in [5, 5.41) is 12.4. The first kappa shape index (κ1) is 20.1. The highest BCUT2D eigenvalue weighted by molar-refractivity contribution is 7.90. The Kier molecular flexibility index (Phi) is 7.03. The van der Waals surface area contributed by atoms with Gasteiger partial charge >= 0.3 is 0 Å². The lowest BCUT2D eigenvalue weighted by atomic mass is 10.1. The van der Waals surface area contributed by atoms with Gasteiger partial charge in [0.2, 0.25) is 20.0 Å². The van der Waals surface area contributed by atoms with Gasteiger partial charge in [0, 0.05) is 19.6 Å². The number of sulfonamides is 2. The molecule has 3 aliphatic rings. The molecule has 8 nitrogen and oxygen atoms in total. The third kappa shape index (κ3) is 6.93. The highest BCUT2D eigenvalue weighted by Crippen LogP contribution is 2.30. The molecule has 142 valence electrons. The average molecular weight is 383 g/mol. The molecule has 5 N–H and O–H groups in total. The molecule has 10 heteroatoms. The van der Waals surface area contributed by atoms with Crippen molar-refractivity contribution < 1.29 is 16.8 Å². The number of nitrogens with two attached hydrogens (primary N) is 2. The van der Waals surface area contributed by atoms with Crippen LogP contribution in [0.25, 0.3) is 0 Å². The van der Waals surface area contributed by atoms with Gasteiger partial charge in [-0.05, 0) is 57.5 Å². The van der Waals surface area contributed by atoms with Crippen LogP contribution >= 0.6 is 0 Å².